The number of hydrogen-bond donors (Lipinski definition) is 3. The molecule has 6 rings (SSSR count). The van der Waals surface area contributed by atoms with Crippen molar-refractivity contribution in [2.45, 2.75) is 6.92 Å². The van der Waals surface area contributed by atoms with E-state index < -0.39 is 5.97 Å². The fraction of sp³-hybridized carbons (Fsp3) is 0.0667. The van der Waals surface area contributed by atoms with Crippen LogP contribution in [0.2, 0.25) is 0 Å². The maximum Gasteiger partial charge on any atom is 0.337 e. The number of aromatic amines is 1. The predicted molar refractivity (Wildman–Crippen MR) is 152 cm³/mol. The van der Waals surface area contributed by atoms with E-state index in [4.69, 9.17) is 10.5 Å². The summed E-state index contributed by atoms with van der Waals surface area (Å²) >= 11 is 0. The Bertz CT molecular complexity index is 1850. The second-order valence-corrected chi connectivity index (χ2v) is 9.15. The number of nitrogens with zero attached hydrogens (tertiary/aromatic N) is 3. The lowest BCUT2D eigenvalue weighted by molar-refractivity contribution is 0.0600. The van der Waals surface area contributed by atoms with Gasteiger partial charge in [0.05, 0.1) is 18.4 Å². The average molecular weight is 517 g/mol. The third kappa shape index (κ3) is 4.36. The summed E-state index contributed by atoms with van der Waals surface area (Å²) in [5.41, 5.74) is 11.8. The van der Waals surface area contributed by atoms with Crippen LogP contribution in [-0.4, -0.2) is 38.6 Å². The molecule has 1 amide bonds. The van der Waals surface area contributed by atoms with Crippen molar-refractivity contribution in [2.75, 3.05) is 18.2 Å². The van der Waals surface area contributed by atoms with Crippen LogP contribution in [0.5, 0.6) is 0 Å². The summed E-state index contributed by atoms with van der Waals surface area (Å²) in [7, 11) is 1.35. The first-order valence-corrected chi connectivity index (χ1v) is 12.2. The van der Waals surface area contributed by atoms with Gasteiger partial charge in [-0.3, -0.25) is 4.57 Å². The molecule has 9 heteroatoms. The molecular formula is C30H24N6O3. The molecule has 6 aromatic rings. The number of benzene rings is 3. The van der Waals surface area contributed by atoms with Crippen LogP contribution in [0.4, 0.5) is 16.4 Å². The van der Waals surface area contributed by atoms with Gasteiger partial charge in [0.2, 0.25) is 5.95 Å². The predicted octanol–water partition coefficient (Wildman–Crippen LogP) is 6.00. The molecule has 39 heavy (non-hydrogen) atoms. The molecule has 0 fully saturated rings. The van der Waals surface area contributed by atoms with Crippen LogP contribution >= 0.6 is 0 Å². The van der Waals surface area contributed by atoms with E-state index in [0.29, 0.717) is 22.6 Å². The van der Waals surface area contributed by atoms with E-state index >= 15 is 0 Å². The zero-order chi connectivity index (χ0) is 27.1. The van der Waals surface area contributed by atoms with Crippen molar-refractivity contribution in [1.82, 2.24) is 19.5 Å². The highest BCUT2D eigenvalue weighted by molar-refractivity contribution is 5.99. The second-order valence-electron chi connectivity index (χ2n) is 9.15. The maximum absolute atomic E-state index is 13.1. The first kappa shape index (κ1) is 23.9. The largest absolute Gasteiger partial charge is 0.465 e. The van der Waals surface area contributed by atoms with E-state index in [9.17, 15) is 9.59 Å². The van der Waals surface area contributed by atoms with E-state index in [1.54, 1.807) is 29.1 Å². The first-order valence-electron chi connectivity index (χ1n) is 12.2. The molecule has 0 aliphatic heterocycles. The molecule has 0 aliphatic carbocycles. The zero-order valence-electron chi connectivity index (χ0n) is 21.2. The fourth-order valence-electron chi connectivity index (χ4n) is 4.70. The molecule has 4 N–H and O–H groups in total. The third-order valence-corrected chi connectivity index (χ3v) is 6.74. The Morgan fingerprint density at radius 1 is 0.949 bits per heavy atom. The maximum atomic E-state index is 13.1. The Balaban J connectivity index is 1.36. The molecule has 0 saturated heterocycles. The summed E-state index contributed by atoms with van der Waals surface area (Å²) in [5, 5.41) is 5.76. The number of nitrogens with one attached hydrogen (secondary N) is 2. The van der Waals surface area contributed by atoms with Gasteiger partial charge < -0.3 is 20.8 Å². The number of H-pyrrole nitrogens is 1. The van der Waals surface area contributed by atoms with Gasteiger partial charge in [0.25, 0.3) is 0 Å². The molecule has 0 spiro atoms. The summed E-state index contributed by atoms with van der Waals surface area (Å²) < 4.78 is 6.33. The van der Waals surface area contributed by atoms with Gasteiger partial charge >= 0.3 is 12.0 Å². The molecule has 0 atom stereocenters. The van der Waals surface area contributed by atoms with Crippen LogP contribution in [0.15, 0.2) is 85.2 Å². The lowest BCUT2D eigenvalue weighted by atomic mass is 10.0. The number of carbonyl (C=O) groups excluding carboxylic acids is 2. The van der Waals surface area contributed by atoms with Gasteiger partial charge in [-0.05, 0) is 53.1 Å². The highest BCUT2D eigenvalue weighted by Gasteiger charge is 2.17. The monoisotopic (exact) mass is 516 g/mol. The van der Waals surface area contributed by atoms with Crippen molar-refractivity contribution in [3.05, 3.63) is 96.3 Å². The standard InChI is InChI=1S/C30H24N6O3/c1-17-22(8-5-9-24(17)33-30(38)36-15-20-6-3-4-7-21(20)16-36)26-23-14-25(32-27(23)35-29(31)34-26)18-10-12-19(13-11-18)28(37)39-2/h3-16H,1-2H3,(H,33,38)(H3,31,32,34,35). The Kier molecular flexibility index (Phi) is 5.80. The zero-order valence-corrected chi connectivity index (χ0v) is 21.2. The van der Waals surface area contributed by atoms with Crippen LogP contribution in [0.1, 0.15) is 15.9 Å². The van der Waals surface area contributed by atoms with Gasteiger partial charge in [-0.1, -0.05) is 48.5 Å². The molecule has 3 heterocycles. The molecule has 0 unspecified atom stereocenters. The number of aromatic nitrogens is 4. The fourth-order valence-corrected chi connectivity index (χ4v) is 4.70. The number of nitrogen functional groups attached to an aromatic ring is 1. The average Bonchev–Trinajstić information content (AvgIpc) is 3.58. The summed E-state index contributed by atoms with van der Waals surface area (Å²) in [4.78, 5) is 37.1. The van der Waals surface area contributed by atoms with Gasteiger partial charge in [-0.2, -0.15) is 4.98 Å². The number of methoxy groups -OCH3 is 1. The number of fused-ring (bicyclic) bond motifs is 2. The van der Waals surface area contributed by atoms with Gasteiger partial charge in [-0.15, -0.1) is 0 Å². The van der Waals surface area contributed by atoms with E-state index in [-0.39, 0.29) is 12.0 Å². The van der Waals surface area contributed by atoms with Crippen molar-refractivity contribution >= 4 is 45.4 Å². The number of nitrogens with two attached hydrogens (primary N) is 1. The topological polar surface area (TPSA) is 128 Å². The molecule has 192 valence electrons. The number of anilines is 2. The minimum absolute atomic E-state index is 0.125. The Morgan fingerprint density at radius 2 is 1.67 bits per heavy atom. The highest BCUT2D eigenvalue weighted by Crippen LogP contribution is 2.35. The smallest absolute Gasteiger partial charge is 0.337 e. The summed E-state index contributed by atoms with van der Waals surface area (Å²) in [5.74, 6) is -0.272. The number of amides is 1. The van der Waals surface area contributed by atoms with Crippen molar-refractivity contribution in [1.29, 1.82) is 0 Å². The molecule has 0 bridgehead atoms. The highest BCUT2D eigenvalue weighted by atomic mass is 16.5. The van der Waals surface area contributed by atoms with Crippen LogP contribution in [0.3, 0.4) is 0 Å². The van der Waals surface area contributed by atoms with Crippen LogP contribution in [-0.2, 0) is 4.74 Å². The minimum atomic E-state index is -0.397. The number of hydrogen-bond acceptors (Lipinski definition) is 6. The van der Waals surface area contributed by atoms with E-state index in [2.05, 4.69) is 20.3 Å². The van der Waals surface area contributed by atoms with E-state index in [1.165, 1.54) is 7.11 Å². The molecule has 3 aromatic carbocycles. The van der Waals surface area contributed by atoms with Crippen molar-refractivity contribution in [3.8, 4) is 22.5 Å². The summed E-state index contributed by atoms with van der Waals surface area (Å²) in [6.45, 7) is 1.93. The number of carbonyl (C=O) groups is 2. The molecule has 0 aliphatic rings. The first-order chi connectivity index (χ1) is 18.9. The van der Waals surface area contributed by atoms with Crippen LogP contribution < -0.4 is 11.1 Å². The minimum Gasteiger partial charge on any atom is -0.465 e. The van der Waals surface area contributed by atoms with Crippen molar-refractivity contribution in [2.24, 2.45) is 0 Å². The van der Waals surface area contributed by atoms with Crippen molar-refractivity contribution < 1.29 is 14.3 Å². The normalized spacial score (nSPS) is 11.1. The Labute approximate surface area is 223 Å². The van der Waals surface area contributed by atoms with Crippen molar-refractivity contribution in [3.63, 3.8) is 0 Å². The SMILES string of the molecule is COC(=O)c1ccc(-c2cc3c(-c4cccc(NC(=O)n5cc6ccccc6c5)c4C)nc(N)nc3[nH]2)cc1. The van der Waals surface area contributed by atoms with Gasteiger partial charge in [-0.25, -0.2) is 14.6 Å². The molecular weight excluding hydrogens is 492 g/mol. The van der Waals surface area contributed by atoms with E-state index in [1.807, 2.05) is 67.6 Å². The van der Waals surface area contributed by atoms with Crippen LogP contribution in [0.25, 0.3) is 44.3 Å². The lowest BCUT2D eigenvalue weighted by Crippen LogP contribution is -2.18. The quantitative estimate of drug-likeness (QED) is 0.246. The molecule has 9 nitrogen and oxygen atoms in total. The lowest BCUT2D eigenvalue weighted by Gasteiger charge is -2.13. The third-order valence-electron chi connectivity index (χ3n) is 6.74. The summed E-state index contributed by atoms with van der Waals surface area (Å²) in [6, 6.07) is 22.2. The number of rotatable bonds is 4. The molecule has 0 radical (unpaired) electrons. The number of esters is 1. The van der Waals surface area contributed by atoms with Gasteiger partial charge in [0.1, 0.15) is 5.65 Å². The Morgan fingerprint density at radius 3 is 2.36 bits per heavy atom. The second kappa shape index (κ2) is 9.46. The van der Waals surface area contributed by atoms with Gasteiger partial charge in [0.15, 0.2) is 0 Å². The van der Waals surface area contributed by atoms with Crippen LogP contribution in [0, 0.1) is 6.92 Å². The van der Waals surface area contributed by atoms with E-state index in [0.717, 1.165) is 38.5 Å². The molecule has 0 saturated carbocycles. The molecule has 3 aromatic heterocycles. The summed E-state index contributed by atoms with van der Waals surface area (Å²) in [6.07, 6.45) is 3.61. The Hall–Kier alpha value is -5.44. The van der Waals surface area contributed by atoms with Gasteiger partial charge in [0, 0.05) is 34.7 Å². The number of ether oxygens (including phenoxy) is 1.